The number of hydrogen-bond donors (Lipinski definition) is 1. The Hall–Kier alpha value is -0.830. The summed E-state index contributed by atoms with van der Waals surface area (Å²) in [7, 11) is 2.13. The van der Waals surface area contributed by atoms with Crippen LogP contribution in [0.25, 0.3) is 0 Å². The average Bonchev–Trinajstić information content (AvgIpc) is 2.82. The van der Waals surface area contributed by atoms with E-state index in [1.54, 1.807) is 0 Å². The molecule has 4 saturated carbocycles. The van der Waals surface area contributed by atoms with Gasteiger partial charge in [0, 0.05) is 31.9 Å². The van der Waals surface area contributed by atoms with Gasteiger partial charge in [-0.3, -0.25) is 0 Å². The van der Waals surface area contributed by atoms with Gasteiger partial charge in [-0.25, -0.2) is 4.98 Å². The van der Waals surface area contributed by atoms with Crippen molar-refractivity contribution in [2.75, 3.05) is 6.54 Å². The standard InChI is InChI=1S/C18H29N3/c1-3-19-16(9-17-20-4-5-21(17)2)18-10-13-6-14(11-18)8-15(7-13)12-18/h4-5,13-16,19H,3,6-12H2,1-2H3. The molecule has 4 aliphatic carbocycles. The van der Waals surface area contributed by atoms with Crippen LogP contribution in [0, 0.1) is 23.2 Å². The number of nitrogens with one attached hydrogen (secondary N) is 1. The van der Waals surface area contributed by atoms with Crippen LogP contribution in [0.2, 0.25) is 0 Å². The fourth-order valence-electron chi connectivity index (χ4n) is 6.13. The van der Waals surface area contributed by atoms with Crippen molar-refractivity contribution in [1.82, 2.24) is 14.9 Å². The van der Waals surface area contributed by atoms with E-state index in [2.05, 4.69) is 35.0 Å². The third-order valence-corrected chi connectivity index (χ3v) is 6.58. The minimum absolute atomic E-state index is 0.566. The van der Waals surface area contributed by atoms with Crippen LogP contribution in [0.15, 0.2) is 12.4 Å². The van der Waals surface area contributed by atoms with Crippen LogP contribution in [0.1, 0.15) is 51.3 Å². The summed E-state index contributed by atoms with van der Waals surface area (Å²) in [4.78, 5) is 4.59. The van der Waals surface area contributed by atoms with E-state index in [4.69, 9.17) is 0 Å². The number of aryl methyl sites for hydroxylation is 1. The number of rotatable bonds is 5. The number of likely N-dealkylation sites (N-methyl/N-ethyl adjacent to an activating group) is 1. The molecule has 4 aliphatic rings. The van der Waals surface area contributed by atoms with Crippen LogP contribution in [-0.4, -0.2) is 22.1 Å². The minimum Gasteiger partial charge on any atom is -0.338 e. The number of nitrogens with zero attached hydrogens (tertiary/aromatic N) is 2. The highest BCUT2D eigenvalue weighted by Crippen LogP contribution is 2.61. The Bertz CT molecular complexity index is 469. The lowest BCUT2D eigenvalue weighted by Gasteiger charge is -2.59. The monoisotopic (exact) mass is 287 g/mol. The van der Waals surface area contributed by atoms with E-state index in [-0.39, 0.29) is 0 Å². The van der Waals surface area contributed by atoms with Crippen LogP contribution in [0.4, 0.5) is 0 Å². The molecule has 1 aromatic rings. The highest BCUT2D eigenvalue weighted by molar-refractivity contribution is 5.09. The zero-order valence-corrected chi connectivity index (χ0v) is 13.5. The second-order valence-electron chi connectivity index (χ2n) is 8.05. The molecule has 5 rings (SSSR count). The van der Waals surface area contributed by atoms with Gasteiger partial charge >= 0.3 is 0 Å². The third kappa shape index (κ3) is 2.34. The molecule has 116 valence electrons. The van der Waals surface area contributed by atoms with Gasteiger partial charge in [0.2, 0.25) is 0 Å². The summed E-state index contributed by atoms with van der Waals surface area (Å²) in [5.74, 6) is 4.33. The molecule has 1 N–H and O–H groups in total. The van der Waals surface area contributed by atoms with Crippen LogP contribution >= 0.6 is 0 Å². The van der Waals surface area contributed by atoms with Crippen molar-refractivity contribution < 1.29 is 0 Å². The maximum absolute atomic E-state index is 4.59. The molecular formula is C18H29N3. The van der Waals surface area contributed by atoms with Gasteiger partial charge in [0.25, 0.3) is 0 Å². The maximum Gasteiger partial charge on any atom is 0.109 e. The van der Waals surface area contributed by atoms with Crippen LogP contribution in [0.5, 0.6) is 0 Å². The Balaban J connectivity index is 1.60. The van der Waals surface area contributed by atoms with E-state index in [9.17, 15) is 0 Å². The molecule has 1 aromatic heterocycles. The smallest absolute Gasteiger partial charge is 0.109 e. The second-order valence-corrected chi connectivity index (χ2v) is 8.05. The average molecular weight is 287 g/mol. The van der Waals surface area contributed by atoms with Crippen molar-refractivity contribution in [1.29, 1.82) is 0 Å². The number of aromatic nitrogens is 2. The molecule has 0 spiro atoms. The van der Waals surface area contributed by atoms with Crippen LogP contribution in [0.3, 0.4) is 0 Å². The van der Waals surface area contributed by atoms with Crippen molar-refractivity contribution >= 4 is 0 Å². The zero-order chi connectivity index (χ0) is 14.4. The van der Waals surface area contributed by atoms with Gasteiger partial charge in [-0.15, -0.1) is 0 Å². The Morgan fingerprint density at radius 1 is 1.24 bits per heavy atom. The number of imidazole rings is 1. The second kappa shape index (κ2) is 5.12. The van der Waals surface area contributed by atoms with Crippen molar-refractivity contribution in [3.63, 3.8) is 0 Å². The van der Waals surface area contributed by atoms with E-state index in [1.807, 2.05) is 6.20 Å². The fourth-order valence-corrected chi connectivity index (χ4v) is 6.13. The quantitative estimate of drug-likeness (QED) is 0.901. The van der Waals surface area contributed by atoms with Gasteiger partial charge in [0.1, 0.15) is 5.82 Å². The summed E-state index contributed by atoms with van der Waals surface area (Å²) in [5.41, 5.74) is 0.566. The van der Waals surface area contributed by atoms with Gasteiger partial charge in [0.05, 0.1) is 0 Å². The third-order valence-electron chi connectivity index (χ3n) is 6.58. The van der Waals surface area contributed by atoms with Crippen molar-refractivity contribution in [2.24, 2.45) is 30.2 Å². The lowest BCUT2D eigenvalue weighted by Crippen LogP contribution is -2.56. The SMILES string of the molecule is CCNC(Cc1nccn1C)C12CC3CC(CC(C3)C1)C2. The summed E-state index contributed by atoms with van der Waals surface area (Å²) in [6.45, 7) is 3.34. The van der Waals surface area contributed by atoms with Gasteiger partial charge in [0.15, 0.2) is 0 Å². The Kier molecular flexibility index (Phi) is 3.36. The zero-order valence-electron chi connectivity index (χ0n) is 13.5. The lowest BCUT2D eigenvalue weighted by atomic mass is 9.47. The van der Waals surface area contributed by atoms with Crippen LogP contribution < -0.4 is 5.32 Å². The van der Waals surface area contributed by atoms with E-state index >= 15 is 0 Å². The molecule has 1 heterocycles. The Labute approximate surface area is 128 Å². The maximum atomic E-state index is 4.59. The minimum atomic E-state index is 0.566. The van der Waals surface area contributed by atoms with Gasteiger partial charge in [-0.1, -0.05) is 6.92 Å². The van der Waals surface area contributed by atoms with Gasteiger partial charge in [-0.2, -0.15) is 0 Å². The summed E-state index contributed by atoms with van der Waals surface area (Å²) in [6.07, 6.45) is 14.1. The molecule has 3 nitrogen and oxygen atoms in total. The summed E-state index contributed by atoms with van der Waals surface area (Å²) in [5, 5.41) is 3.85. The van der Waals surface area contributed by atoms with Gasteiger partial charge in [-0.05, 0) is 68.2 Å². The van der Waals surface area contributed by atoms with Crippen LogP contribution in [-0.2, 0) is 13.5 Å². The Morgan fingerprint density at radius 2 is 1.86 bits per heavy atom. The predicted octanol–water partition coefficient (Wildman–Crippen LogP) is 3.16. The number of hydrogen-bond acceptors (Lipinski definition) is 2. The normalized spacial score (nSPS) is 38.9. The van der Waals surface area contributed by atoms with E-state index in [0.29, 0.717) is 11.5 Å². The largest absolute Gasteiger partial charge is 0.338 e. The predicted molar refractivity (Wildman–Crippen MR) is 85.0 cm³/mol. The molecule has 4 bridgehead atoms. The molecule has 0 saturated heterocycles. The van der Waals surface area contributed by atoms with E-state index in [1.165, 1.54) is 44.3 Å². The van der Waals surface area contributed by atoms with E-state index < -0.39 is 0 Å². The van der Waals surface area contributed by atoms with E-state index in [0.717, 1.165) is 30.7 Å². The molecule has 0 radical (unpaired) electrons. The molecule has 21 heavy (non-hydrogen) atoms. The molecule has 4 fully saturated rings. The summed E-state index contributed by atoms with van der Waals surface area (Å²) >= 11 is 0. The highest BCUT2D eigenvalue weighted by atomic mass is 15.0. The van der Waals surface area contributed by atoms with Crippen molar-refractivity contribution in [2.45, 2.75) is 57.9 Å². The van der Waals surface area contributed by atoms with Crippen molar-refractivity contribution in [3.8, 4) is 0 Å². The molecule has 0 aliphatic heterocycles. The molecule has 1 unspecified atom stereocenters. The Morgan fingerprint density at radius 3 is 2.33 bits per heavy atom. The lowest BCUT2D eigenvalue weighted by molar-refractivity contribution is -0.0738. The highest BCUT2D eigenvalue weighted by Gasteiger charge is 2.53. The first-order valence-corrected chi connectivity index (χ1v) is 8.88. The molecule has 3 heteroatoms. The topological polar surface area (TPSA) is 29.9 Å². The first-order chi connectivity index (χ1) is 10.2. The molecule has 0 aromatic carbocycles. The molecule has 0 amide bonds. The summed E-state index contributed by atoms with van der Waals surface area (Å²) in [6, 6.07) is 0.622. The summed E-state index contributed by atoms with van der Waals surface area (Å²) < 4.78 is 2.20. The molecular weight excluding hydrogens is 258 g/mol. The van der Waals surface area contributed by atoms with Gasteiger partial charge < -0.3 is 9.88 Å². The molecule has 1 atom stereocenters. The van der Waals surface area contributed by atoms with Crippen molar-refractivity contribution in [3.05, 3.63) is 18.2 Å². The first kappa shape index (κ1) is 13.8. The first-order valence-electron chi connectivity index (χ1n) is 8.88. The fraction of sp³-hybridized carbons (Fsp3) is 0.833.